The molecule has 1 rings (SSSR count). The third-order valence-corrected chi connectivity index (χ3v) is 2.56. The highest BCUT2D eigenvalue weighted by molar-refractivity contribution is 5.84. The summed E-state index contributed by atoms with van der Waals surface area (Å²) in [5, 5.41) is 10.9. The van der Waals surface area contributed by atoms with Crippen LogP contribution in [-0.2, 0) is 9.59 Å². The monoisotopic (exact) mass is 265 g/mol. The van der Waals surface area contributed by atoms with Crippen LogP contribution >= 0.6 is 0 Å². The summed E-state index contributed by atoms with van der Waals surface area (Å²) >= 11 is 0. The van der Waals surface area contributed by atoms with E-state index in [2.05, 4.69) is 5.32 Å². The zero-order valence-corrected chi connectivity index (χ0v) is 11.3. The van der Waals surface area contributed by atoms with Gasteiger partial charge in [0.2, 0.25) is 0 Å². The van der Waals surface area contributed by atoms with E-state index < -0.39 is 24.5 Å². The highest BCUT2D eigenvalue weighted by Gasteiger charge is 2.24. The fourth-order valence-corrected chi connectivity index (χ4v) is 1.52. The number of carboxylic acid groups (broad SMARTS) is 1. The summed E-state index contributed by atoms with van der Waals surface area (Å²) in [6.07, 6.45) is -0.706. The van der Waals surface area contributed by atoms with E-state index in [-0.39, 0.29) is 5.92 Å². The van der Waals surface area contributed by atoms with Crippen LogP contribution in [0.3, 0.4) is 0 Å². The molecule has 0 aliphatic carbocycles. The number of nitrogens with one attached hydrogen (secondary N) is 1. The summed E-state index contributed by atoms with van der Waals surface area (Å²) in [4.78, 5) is 22.3. The van der Waals surface area contributed by atoms with Crippen molar-refractivity contribution in [3.05, 3.63) is 29.8 Å². The van der Waals surface area contributed by atoms with Gasteiger partial charge in [0.05, 0.1) is 0 Å². The molecule has 0 aliphatic rings. The Morgan fingerprint density at radius 2 is 1.84 bits per heavy atom. The van der Waals surface area contributed by atoms with Gasteiger partial charge < -0.3 is 15.2 Å². The highest BCUT2D eigenvalue weighted by atomic mass is 16.5. The smallest absolute Gasteiger partial charge is 0.322 e. The normalized spacial score (nSPS) is 12.0. The Balaban J connectivity index is 2.69. The number of hydrogen-bond donors (Lipinski definition) is 2. The SMILES string of the molecule is Cc1ccc(OC(C(=O)NCC(=O)O)C(C)C)cc1. The second-order valence-corrected chi connectivity index (χ2v) is 4.71. The van der Waals surface area contributed by atoms with E-state index in [0.717, 1.165) is 5.56 Å². The van der Waals surface area contributed by atoms with Crippen molar-refractivity contribution >= 4 is 11.9 Å². The van der Waals surface area contributed by atoms with Crippen LogP contribution in [0.25, 0.3) is 0 Å². The average Bonchev–Trinajstić information content (AvgIpc) is 2.34. The van der Waals surface area contributed by atoms with E-state index in [1.807, 2.05) is 32.9 Å². The highest BCUT2D eigenvalue weighted by Crippen LogP contribution is 2.16. The fourth-order valence-electron chi connectivity index (χ4n) is 1.52. The van der Waals surface area contributed by atoms with Crippen LogP contribution < -0.4 is 10.1 Å². The van der Waals surface area contributed by atoms with Crippen molar-refractivity contribution in [1.82, 2.24) is 5.32 Å². The molecule has 5 nitrogen and oxygen atoms in total. The molecule has 0 fully saturated rings. The van der Waals surface area contributed by atoms with Crippen molar-refractivity contribution in [2.75, 3.05) is 6.54 Å². The molecule has 1 unspecified atom stereocenters. The zero-order valence-electron chi connectivity index (χ0n) is 11.3. The molecule has 0 saturated heterocycles. The number of aliphatic carboxylic acids is 1. The molecule has 0 aromatic heterocycles. The van der Waals surface area contributed by atoms with Gasteiger partial charge in [0.25, 0.3) is 5.91 Å². The van der Waals surface area contributed by atoms with Crippen molar-refractivity contribution in [2.24, 2.45) is 5.92 Å². The molecule has 2 N–H and O–H groups in total. The van der Waals surface area contributed by atoms with Crippen molar-refractivity contribution in [1.29, 1.82) is 0 Å². The maximum Gasteiger partial charge on any atom is 0.322 e. The number of amides is 1. The Hall–Kier alpha value is -2.04. The van der Waals surface area contributed by atoms with Gasteiger partial charge in [-0.15, -0.1) is 0 Å². The van der Waals surface area contributed by atoms with E-state index in [9.17, 15) is 9.59 Å². The molecule has 0 spiro atoms. The third kappa shape index (κ3) is 4.99. The van der Waals surface area contributed by atoms with E-state index in [1.54, 1.807) is 12.1 Å². The van der Waals surface area contributed by atoms with E-state index in [4.69, 9.17) is 9.84 Å². The number of hydrogen-bond acceptors (Lipinski definition) is 3. The molecule has 1 aromatic carbocycles. The van der Waals surface area contributed by atoms with Gasteiger partial charge in [-0.2, -0.15) is 0 Å². The van der Waals surface area contributed by atoms with Crippen molar-refractivity contribution in [2.45, 2.75) is 26.9 Å². The van der Waals surface area contributed by atoms with Crippen LogP contribution in [0.15, 0.2) is 24.3 Å². The number of carboxylic acids is 1. The van der Waals surface area contributed by atoms with Crippen LogP contribution in [0, 0.1) is 12.8 Å². The second kappa shape index (κ2) is 6.78. The van der Waals surface area contributed by atoms with Gasteiger partial charge in [0, 0.05) is 0 Å². The average molecular weight is 265 g/mol. The van der Waals surface area contributed by atoms with Gasteiger partial charge in [0.1, 0.15) is 12.3 Å². The van der Waals surface area contributed by atoms with Gasteiger partial charge in [-0.05, 0) is 25.0 Å². The second-order valence-electron chi connectivity index (χ2n) is 4.71. The number of rotatable bonds is 6. The Morgan fingerprint density at radius 1 is 1.26 bits per heavy atom. The predicted molar refractivity (Wildman–Crippen MR) is 71.1 cm³/mol. The number of carbonyl (C=O) groups is 2. The Morgan fingerprint density at radius 3 is 2.32 bits per heavy atom. The van der Waals surface area contributed by atoms with Crippen LogP contribution in [0.5, 0.6) is 5.75 Å². The van der Waals surface area contributed by atoms with Crippen LogP contribution in [0.4, 0.5) is 0 Å². The minimum Gasteiger partial charge on any atom is -0.480 e. The molecule has 0 aliphatic heterocycles. The molecule has 1 aromatic rings. The first-order valence-corrected chi connectivity index (χ1v) is 6.13. The summed E-state index contributed by atoms with van der Waals surface area (Å²) in [5.41, 5.74) is 1.10. The molecule has 0 bridgehead atoms. The summed E-state index contributed by atoms with van der Waals surface area (Å²) in [5.74, 6) is -0.964. The van der Waals surface area contributed by atoms with Crippen LogP contribution in [0.2, 0.25) is 0 Å². The fraction of sp³-hybridized carbons (Fsp3) is 0.429. The molecule has 0 radical (unpaired) electrons. The van der Waals surface area contributed by atoms with E-state index in [1.165, 1.54) is 0 Å². The molecule has 0 saturated carbocycles. The Bertz CT molecular complexity index is 439. The van der Waals surface area contributed by atoms with Gasteiger partial charge in [-0.3, -0.25) is 9.59 Å². The molecule has 104 valence electrons. The lowest BCUT2D eigenvalue weighted by Gasteiger charge is -2.21. The van der Waals surface area contributed by atoms with Gasteiger partial charge in [0.15, 0.2) is 6.10 Å². The van der Waals surface area contributed by atoms with E-state index >= 15 is 0 Å². The first kappa shape index (κ1) is 15.0. The lowest BCUT2D eigenvalue weighted by atomic mass is 10.1. The Kier molecular flexibility index (Phi) is 5.36. The van der Waals surface area contributed by atoms with Gasteiger partial charge in [-0.1, -0.05) is 31.5 Å². The summed E-state index contributed by atoms with van der Waals surface area (Å²) in [6, 6.07) is 7.36. The zero-order chi connectivity index (χ0) is 14.4. The predicted octanol–water partition coefficient (Wildman–Crippen LogP) is 1.60. The van der Waals surface area contributed by atoms with Crippen molar-refractivity contribution in [3.8, 4) is 5.75 Å². The molecular weight excluding hydrogens is 246 g/mol. The number of benzene rings is 1. The topological polar surface area (TPSA) is 75.6 Å². The lowest BCUT2D eigenvalue weighted by molar-refractivity contribution is -0.139. The minimum absolute atomic E-state index is 0.0601. The third-order valence-electron chi connectivity index (χ3n) is 2.56. The van der Waals surface area contributed by atoms with Crippen molar-refractivity contribution < 1.29 is 19.4 Å². The first-order valence-electron chi connectivity index (χ1n) is 6.13. The molecule has 1 atom stereocenters. The number of ether oxygens (including phenoxy) is 1. The van der Waals surface area contributed by atoms with E-state index in [0.29, 0.717) is 5.75 Å². The summed E-state index contributed by atoms with van der Waals surface area (Å²) < 4.78 is 5.62. The first-order chi connectivity index (χ1) is 8.90. The Labute approximate surface area is 112 Å². The van der Waals surface area contributed by atoms with Crippen LogP contribution in [-0.4, -0.2) is 29.6 Å². The standard InChI is InChI=1S/C14H19NO4/c1-9(2)13(14(18)15-8-12(16)17)19-11-6-4-10(3)5-7-11/h4-7,9,13H,8H2,1-3H3,(H,15,18)(H,16,17). The van der Waals surface area contributed by atoms with Gasteiger partial charge in [-0.25, -0.2) is 0 Å². The molecule has 1 amide bonds. The molecule has 0 heterocycles. The maximum atomic E-state index is 11.9. The largest absolute Gasteiger partial charge is 0.480 e. The number of carbonyl (C=O) groups excluding carboxylic acids is 1. The maximum absolute atomic E-state index is 11.9. The number of aryl methyl sites for hydroxylation is 1. The van der Waals surface area contributed by atoms with Crippen molar-refractivity contribution in [3.63, 3.8) is 0 Å². The van der Waals surface area contributed by atoms with Crippen LogP contribution in [0.1, 0.15) is 19.4 Å². The molecule has 5 heteroatoms. The molecular formula is C14H19NO4. The summed E-state index contributed by atoms with van der Waals surface area (Å²) in [7, 11) is 0. The van der Waals surface area contributed by atoms with Gasteiger partial charge >= 0.3 is 5.97 Å². The quantitative estimate of drug-likeness (QED) is 0.819. The molecule has 19 heavy (non-hydrogen) atoms. The summed E-state index contributed by atoms with van der Waals surface area (Å²) in [6.45, 7) is 5.25. The lowest BCUT2D eigenvalue weighted by Crippen LogP contribution is -2.43. The minimum atomic E-state index is -1.08.